The second-order valence-electron chi connectivity index (χ2n) is 3.25. The van der Waals surface area contributed by atoms with E-state index in [2.05, 4.69) is 4.99 Å². The van der Waals surface area contributed by atoms with Crippen molar-refractivity contribution in [3.8, 4) is 0 Å². The van der Waals surface area contributed by atoms with Crippen LogP contribution in [-0.2, 0) is 6.42 Å². The van der Waals surface area contributed by atoms with Crippen LogP contribution in [0.25, 0.3) is 0 Å². The first-order chi connectivity index (χ1) is 6.84. The van der Waals surface area contributed by atoms with E-state index in [0.29, 0.717) is 0 Å². The van der Waals surface area contributed by atoms with Crippen molar-refractivity contribution in [3.05, 3.63) is 35.6 Å². The molecule has 1 heterocycles. The third-order valence-electron chi connectivity index (χ3n) is 2.19. The number of halogens is 1. The van der Waals surface area contributed by atoms with Crippen molar-refractivity contribution in [1.82, 2.24) is 0 Å². The third-order valence-corrected chi connectivity index (χ3v) is 3.24. The van der Waals surface area contributed by atoms with E-state index < -0.39 is 0 Å². The predicted molar refractivity (Wildman–Crippen MR) is 59.5 cm³/mol. The summed E-state index contributed by atoms with van der Waals surface area (Å²) in [5.41, 5.74) is 1.18. The van der Waals surface area contributed by atoms with Crippen LogP contribution >= 0.6 is 11.8 Å². The molecule has 74 valence electrons. The van der Waals surface area contributed by atoms with E-state index in [-0.39, 0.29) is 5.82 Å². The van der Waals surface area contributed by atoms with E-state index in [1.54, 1.807) is 0 Å². The maximum absolute atomic E-state index is 12.6. The summed E-state index contributed by atoms with van der Waals surface area (Å²) in [4.78, 5) is 4.37. The van der Waals surface area contributed by atoms with Gasteiger partial charge >= 0.3 is 0 Å². The van der Waals surface area contributed by atoms with Crippen LogP contribution in [0.2, 0.25) is 0 Å². The van der Waals surface area contributed by atoms with Gasteiger partial charge in [0.1, 0.15) is 5.82 Å². The van der Waals surface area contributed by atoms with E-state index in [4.69, 9.17) is 0 Å². The Labute approximate surface area is 87.4 Å². The first kappa shape index (κ1) is 9.71. The molecule has 0 N–H and O–H groups in total. The third kappa shape index (κ3) is 2.58. The molecule has 2 rings (SSSR count). The van der Waals surface area contributed by atoms with Crippen LogP contribution in [-0.4, -0.2) is 17.3 Å². The van der Waals surface area contributed by atoms with Crippen LogP contribution in [0.15, 0.2) is 29.3 Å². The second-order valence-corrected chi connectivity index (χ2v) is 4.42. The van der Waals surface area contributed by atoms with Crippen molar-refractivity contribution in [2.75, 3.05) is 12.3 Å². The number of thioether (sulfide) groups is 1. The smallest absolute Gasteiger partial charge is 0.123 e. The van der Waals surface area contributed by atoms with Crippen molar-refractivity contribution in [3.63, 3.8) is 0 Å². The van der Waals surface area contributed by atoms with Gasteiger partial charge in [-0.15, -0.1) is 11.8 Å². The van der Waals surface area contributed by atoms with Crippen LogP contribution in [0.4, 0.5) is 4.39 Å². The molecule has 14 heavy (non-hydrogen) atoms. The van der Waals surface area contributed by atoms with Gasteiger partial charge in [0.2, 0.25) is 0 Å². The molecule has 0 aliphatic carbocycles. The van der Waals surface area contributed by atoms with Gasteiger partial charge in [0.15, 0.2) is 0 Å². The molecule has 0 radical (unpaired) electrons. The van der Waals surface area contributed by atoms with Gasteiger partial charge in [-0.25, -0.2) is 4.39 Å². The van der Waals surface area contributed by atoms with Crippen molar-refractivity contribution in [2.45, 2.75) is 12.8 Å². The van der Waals surface area contributed by atoms with Crippen LogP contribution in [0.1, 0.15) is 12.0 Å². The Morgan fingerprint density at radius 3 is 2.64 bits per heavy atom. The standard InChI is InChI=1S/C11H12FNS/c12-10-4-1-9(2-5-10)3-6-11-13-7-8-14-11/h1-2,4-5H,3,6-8H2. The van der Waals surface area contributed by atoms with E-state index in [1.165, 1.54) is 22.7 Å². The normalized spacial score (nSPS) is 15.6. The molecular weight excluding hydrogens is 197 g/mol. The Hall–Kier alpha value is -0.830. The minimum atomic E-state index is -0.165. The molecule has 1 aliphatic heterocycles. The predicted octanol–water partition coefficient (Wildman–Crippen LogP) is 2.90. The zero-order chi connectivity index (χ0) is 9.80. The maximum Gasteiger partial charge on any atom is 0.123 e. The highest BCUT2D eigenvalue weighted by Gasteiger charge is 2.06. The van der Waals surface area contributed by atoms with E-state index in [1.807, 2.05) is 23.9 Å². The monoisotopic (exact) mass is 209 g/mol. The number of nitrogens with zero attached hydrogens (tertiary/aromatic N) is 1. The Morgan fingerprint density at radius 2 is 2.00 bits per heavy atom. The van der Waals surface area contributed by atoms with Crippen molar-refractivity contribution in [1.29, 1.82) is 0 Å². The Kier molecular flexibility index (Phi) is 3.19. The molecule has 0 fully saturated rings. The number of aryl methyl sites for hydroxylation is 1. The second kappa shape index (κ2) is 4.60. The average Bonchev–Trinajstić information content (AvgIpc) is 2.70. The van der Waals surface area contributed by atoms with Gasteiger partial charge in [-0.1, -0.05) is 12.1 Å². The number of aliphatic imine (C=N–C) groups is 1. The molecule has 0 saturated heterocycles. The molecule has 0 unspecified atom stereocenters. The maximum atomic E-state index is 12.6. The molecule has 1 aromatic carbocycles. The Morgan fingerprint density at radius 1 is 1.21 bits per heavy atom. The molecular formula is C11H12FNS. The molecule has 0 saturated carbocycles. The molecule has 1 aromatic rings. The summed E-state index contributed by atoms with van der Waals surface area (Å²) in [7, 11) is 0. The summed E-state index contributed by atoms with van der Waals surface area (Å²) >= 11 is 1.84. The fourth-order valence-corrected chi connectivity index (χ4v) is 2.28. The number of benzene rings is 1. The lowest BCUT2D eigenvalue weighted by Gasteiger charge is -2.00. The molecule has 0 aromatic heterocycles. The first-order valence-corrected chi connectivity index (χ1v) is 5.74. The molecule has 0 spiro atoms. The van der Waals surface area contributed by atoms with Crippen LogP contribution in [0.3, 0.4) is 0 Å². The van der Waals surface area contributed by atoms with Gasteiger partial charge in [-0.05, 0) is 30.5 Å². The zero-order valence-electron chi connectivity index (χ0n) is 7.87. The lowest BCUT2D eigenvalue weighted by atomic mass is 10.1. The lowest BCUT2D eigenvalue weighted by Crippen LogP contribution is -1.93. The highest BCUT2D eigenvalue weighted by molar-refractivity contribution is 8.14. The SMILES string of the molecule is Fc1ccc(CCC2=NCCS2)cc1. The summed E-state index contributed by atoms with van der Waals surface area (Å²) in [6.07, 6.45) is 1.96. The summed E-state index contributed by atoms with van der Waals surface area (Å²) in [5, 5.41) is 1.24. The van der Waals surface area contributed by atoms with Crippen molar-refractivity contribution >= 4 is 16.8 Å². The quantitative estimate of drug-likeness (QED) is 0.745. The van der Waals surface area contributed by atoms with E-state index in [0.717, 1.165) is 25.1 Å². The Bertz CT molecular complexity index is 332. The van der Waals surface area contributed by atoms with Gasteiger partial charge in [-0.2, -0.15) is 0 Å². The number of rotatable bonds is 3. The van der Waals surface area contributed by atoms with E-state index >= 15 is 0 Å². The van der Waals surface area contributed by atoms with Crippen LogP contribution in [0.5, 0.6) is 0 Å². The van der Waals surface area contributed by atoms with Gasteiger partial charge < -0.3 is 0 Å². The van der Waals surface area contributed by atoms with Crippen LogP contribution < -0.4 is 0 Å². The largest absolute Gasteiger partial charge is 0.282 e. The summed E-state index contributed by atoms with van der Waals surface area (Å²) in [6, 6.07) is 6.71. The van der Waals surface area contributed by atoms with Crippen molar-refractivity contribution in [2.24, 2.45) is 4.99 Å². The topological polar surface area (TPSA) is 12.4 Å². The molecule has 0 atom stereocenters. The lowest BCUT2D eigenvalue weighted by molar-refractivity contribution is 0.627. The minimum absolute atomic E-state index is 0.165. The number of hydrogen-bond acceptors (Lipinski definition) is 2. The van der Waals surface area contributed by atoms with Gasteiger partial charge in [0.05, 0.1) is 5.04 Å². The minimum Gasteiger partial charge on any atom is -0.282 e. The first-order valence-electron chi connectivity index (χ1n) is 4.75. The zero-order valence-corrected chi connectivity index (χ0v) is 8.69. The van der Waals surface area contributed by atoms with Crippen LogP contribution in [0, 0.1) is 5.82 Å². The summed E-state index contributed by atoms with van der Waals surface area (Å²) in [5.74, 6) is 0.958. The highest BCUT2D eigenvalue weighted by Crippen LogP contribution is 2.16. The fourth-order valence-electron chi connectivity index (χ4n) is 1.43. The average molecular weight is 209 g/mol. The molecule has 3 heteroatoms. The van der Waals surface area contributed by atoms with Gasteiger partial charge in [0, 0.05) is 12.3 Å². The highest BCUT2D eigenvalue weighted by atomic mass is 32.2. The number of hydrogen-bond donors (Lipinski definition) is 0. The van der Waals surface area contributed by atoms with Gasteiger partial charge in [-0.3, -0.25) is 4.99 Å². The molecule has 0 amide bonds. The Balaban J connectivity index is 1.88. The molecule has 1 aliphatic rings. The van der Waals surface area contributed by atoms with Gasteiger partial charge in [0.25, 0.3) is 0 Å². The summed E-state index contributed by atoms with van der Waals surface area (Å²) in [6.45, 7) is 0.962. The summed E-state index contributed by atoms with van der Waals surface area (Å²) < 4.78 is 12.6. The molecule has 0 bridgehead atoms. The molecule has 1 nitrogen and oxygen atoms in total. The fraction of sp³-hybridized carbons (Fsp3) is 0.364. The van der Waals surface area contributed by atoms with E-state index in [9.17, 15) is 4.39 Å². The van der Waals surface area contributed by atoms with Crippen molar-refractivity contribution < 1.29 is 4.39 Å².